The Bertz CT molecular complexity index is 221. The highest BCUT2D eigenvalue weighted by atomic mass is 16.2. The molecule has 1 heterocycles. The van der Waals surface area contributed by atoms with E-state index in [9.17, 15) is 4.79 Å². The van der Waals surface area contributed by atoms with Gasteiger partial charge in [-0.3, -0.25) is 0 Å². The molecule has 4 heteroatoms. The number of carbonyl (C=O) groups excluding carboxylic acids is 1. The number of nitrogens with zero attached hydrogens (tertiary/aromatic N) is 1. The van der Waals surface area contributed by atoms with E-state index in [2.05, 4.69) is 11.2 Å². The summed E-state index contributed by atoms with van der Waals surface area (Å²) in [4.78, 5) is 13.1. The van der Waals surface area contributed by atoms with Crippen molar-refractivity contribution in [3.05, 3.63) is 0 Å². The Labute approximate surface area is 78.5 Å². The quantitative estimate of drug-likeness (QED) is 0.570. The van der Waals surface area contributed by atoms with Gasteiger partial charge in [0.05, 0.1) is 6.54 Å². The van der Waals surface area contributed by atoms with Crippen LogP contribution in [0, 0.1) is 18.3 Å². The van der Waals surface area contributed by atoms with E-state index in [4.69, 9.17) is 12.2 Å². The summed E-state index contributed by atoms with van der Waals surface area (Å²) in [6.45, 7) is 2.49. The third-order valence-corrected chi connectivity index (χ3v) is 2.25. The molecule has 4 nitrogen and oxygen atoms in total. The third kappa shape index (κ3) is 2.63. The Morgan fingerprint density at radius 1 is 1.77 bits per heavy atom. The van der Waals surface area contributed by atoms with E-state index in [0.717, 1.165) is 19.5 Å². The summed E-state index contributed by atoms with van der Waals surface area (Å²) in [6.07, 6.45) is 6.03. The van der Waals surface area contributed by atoms with Gasteiger partial charge in [-0.2, -0.15) is 0 Å². The topological polar surface area (TPSA) is 58.4 Å². The minimum atomic E-state index is -0.0751. The van der Waals surface area contributed by atoms with Crippen molar-refractivity contribution in [2.45, 2.75) is 6.42 Å². The largest absolute Gasteiger partial charge is 0.330 e. The number of nitrogens with one attached hydrogen (secondary N) is 1. The molecule has 0 saturated carbocycles. The van der Waals surface area contributed by atoms with Crippen molar-refractivity contribution in [2.75, 3.05) is 26.2 Å². The van der Waals surface area contributed by atoms with Crippen molar-refractivity contribution >= 4 is 6.03 Å². The summed E-state index contributed by atoms with van der Waals surface area (Å²) in [6, 6.07) is -0.0751. The van der Waals surface area contributed by atoms with Crippen molar-refractivity contribution < 1.29 is 4.79 Å². The fourth-order valence-electron chi connectivity index (χ4n) is 1.45. The van der Waals surface area contributed by atoms with E-state index < -0.39 is 0 Å². The summed E-state index contributed by atoms with van der Waals surface area (Å²) >= 11 is 0. The zero-order chi connectivity index (χ0) is 9.68. The summed E-state index contributed by atoms with van der Waals surface area (Å²) < 4.78 is 0. The second-order valence-electron chi connectivity index (χ2n) is 3.20. The minimum absolute atomic E-state index is 0.0751. The van der Waals surface area contributed by atoms with Crippen LogP contribution in [0.4, 0.5) is 4.79 Å². The average molecular weight is 181 g/mol. The number of likely N-dealkylation sites (tertiary alicyclic amines) is 1. The van der Waals surface area contributed by atoms with Gasteiger partial charge in [0.2, 0.25) is 0 Å². The molecule has 1 fully saturated rings. The average Bonchev–Trinajstić information content (AvgIpc) is 2.62. The second-order valence-corrected chi connectivity index (χ2v) is 3.20. The van der Waals surface area contributed by atoms with Gasteiger partial charge >= 0.3 is 6.03 Å². The van der Waals surface area contributed by atoms with Crippen LogP contribution in [-0.2, 0) is 0 Å². The summed E-state index contributed by atoms with van der Waals surface area (Å²) in [7, 11) is 0. The minimum Gasteiger partial charge on any atom is -0.330 e. The molecule has 1 aliphatic rings. The molecule has 2 amide bonds. The Kier molecular flexibility index (Phi) is 3.59. The normalized spacial score (nSPS) is 21.2. The van der Waals surface area contributed by atoms with Crippen molar-refractivity contribution in [1.29, 1.82) is 0 Å². The number of hydrogen-bond donors (Lipinski definition) is 2. The molecule has 1 unspecified atom stereocenters. The van der Waals surface area contributed by atoms with E-state index >= 15 is 0 Å². The van der Waals surface area contributed by atoms with Gasteiger partial charge in [-0.1, -0.05) is 5.92 Å². The monoisotopic (exact) mass is 181 g/mol. The van der Waals surface area contributed by atoms with Crippen LogP contribution in [0.3, 0.4) is 0 Å². The van der Waals surface area contributed by atoms with Crippen molar-refractivity contribution in [3.63, 3.8) is 0 Å². The number of urea groups is 1. The molecule has 1 rings (SSSR count). The molecule has 13 heavy (non-hydrogen) atoms. The molecule has 0 spiro atoms. The van der Waals surface area contributed by atoms with Crippen LogP contribution in [0.1, 0.15) is 6.42 Å². The van der Waals surface area contributed by atoms with E-state index in [1.165, 1.54) is 0 Å². The summed E-state index contributed by atoms with van der Waals surface area (Å²) in [5.74, 6) is 2.82. The van der Waals surface area contributed by atoms with E-state index in [-0.39, 0.29) is 6.03 Å². The lowest BCUT2D eigenvalue weighted by molar-refractivity contribution is 0.208. The van der Waals surface area contributed by atoms with E-state index in [1.54, 1.807) is 4.90 Å². The van der Waals surface area contributed by atoms with Gasteiger partial charge in [0.1, 0.15) is 0 Å². The van der Waals surface area contributed by atoms with Gasteiger partial charge in [0, 0.05) is 13.1 Å². The summed E-state index contributed by atoms with van der Waals surface area (Å²) in [5, 5.41) is 2.63. The molecular weight excluding hydrogens is 166 g/mol. The maximum atomic E-state index is 11.3. The van der Waals surface area contributed by atoms with Crippen molar-refractivity contribution in [1.82, 2.24) is 10.2 Å². The number of terminal acetylenes is 1. The lowest BCUT2D eigenvalue weighted by Gasteiger charge is -2.15. The smallest absolute Gasteiger partial charge is 0.318 e. The fraction of sp³-hybridized carbons (Fsp3) is 0.667. The van der Waals surface area contributed by atoms with E-state index in [1.807, 2.05) is 0 Å². The Morgan fingerprint density at radius 3 is 3.08 bits per heavy atom. The fourth-order valence-corrected chi connectivity index (χ4v) is 1.45. The molecule has 0 aromatic rings. The zero-order valence-corrected chi connectivity index (χ0v) is 7.62. The molecule has 1 atom stereocenters. The lowest BCUT2D eigenvalue weighted by atomic mass is 10.1. The number of carbonyl (C=O) groups is 1. The van der Waals surface area contributed by atoms with Crippen LogP contribution in [0.5, 0.6) is 0 Å². The van der Waals surface area contributed by atoms with Gasteiger partial charge < -0.3 is 16.0 Å². The predicted molar refractivity (Wildman–Crippen MR) is 51.0 cm³/mol. The van der Waals surface area contributed by atoms with Crippen LogP contribution >= 0.6 is 0 Å². The maximum absolute atomic E-state index is 11.3. The van der Waals surface area contributed by atoms with Crippen molar-refractivity contribution in [2.24, 2.45) is 11.7 Å². The van der Waals surface area contributed by atoms with Crippen LogP contribution in [-0.4, -0.2) is 37.1 Å². The summed E-state index contributed by atoms with van der Waals surface area (Å²) in [5.41, 5.74) is 5.51. The van der Waals surface area contributed by atoms with Crippen LogP contribution < -0.4 is 11.1 Å². The number of nitrogens with two attached hydrogens (primary N) is 1. The molecule has 0 aromatic heterocycles. The molecule has 3 N–H and O–H groups in total. The van der Waals surface area contributed by atoms with Crippen LogP contribution in [0.15, 0.2) is 0 Å². The van der Waals surface area contributed by atoms with Gasteiger partial charge in [0.25, 0.3) is 0 Å². The lowest BCUT2D eigenvalue weighted by Crippen LogP contribution is -2.38. The highest BCUT2D eigenvalue weighted by Crippen LogP contribution is 2.14. The van der Waals surface area contributed by atoms with E-state index in [0.29, 0.717) is 19.0 Å². The molecule has 0 aromatic carbocycles. The number of rotatable bonds is 2. The van der Waals surface area contributed by atoms with Crippen LogP contribution in [0.2, 0.25) is 0 Å². The predicted octanol–water partition coefficient (Wildman–Crippen LogP) is -0.390. The zero-order valence-electron chi connectivity index (χ0n) is 7.62. The highest BCUT2D eigenvalue weighted by Gasteiger charge is 2.24. The number of amides is 2. The molecule has 0 bridgehead atoms. The first-order valence-electron chi connectivity index (χ1n) is 4.44. The Balaban J connectivity index is 2.30. The second kappa shape index (κ2) is 4.73. The Morgan fingerprint density at radius 2 is 2.54 bits per heavy atom. The van der Waals surface area contributed by atoms with Gasteiger partial charge in [0.15, 0.2) is 0 Å². The molecule has 1 aliphatic heterocycles. The first-order chi connectivity index (χ1) is 6.27. The van der Waals surface area contributed by atoms with Gasteiger partial charge in [-0.05, 0) is 18.9 Å². The van der Waals surface area contributed by atoms with Gasteiger partial charge in [-0.15, -0.1) is 6.42 Å². The molecule has 1 saturated heterocycles. The number of hydrogen-bond acceptors (Lipinski definition) is 2. The molecule has 0 aliphatic carbocycles. The molecule has 0 radical (unpaired) electrons. The maximum Gasteiger partial charge on any atom is 0.318 e. The SMILES string of the molecule is C#CCNC(=O)N1CCC(CN)C1. The molecule has 72 valence electrons. The van der Waals surface area contributed by atoms with Crippen LogP contribution in [0.25, 0.3) is 0 Å². The third-order valence-electron chi connectivity index (χ3n) is 2.25. The van der Waals surface area contributed by atoms with Crippen molar-refractivity contribution in [3.8, 4) is 12.3 Å². The molecular formula is C9H15N3O. The standard InChI is InChI=1S/C9H15N3O/c1-2-4-11-9(13)12-5-3-8(6-10)7-12/h1,8H,3-7,10H2,(H,11,13). The first kappa shape index (κ1) is 9.87. The Hall–Kier alpha value is -1.21. The first-order valence-corrected chi connectivity index (χ1v) is 4.44. The highest BCUT2D eigenvalue weighted by molar-refractivity contribution is 5.74. The van der Waals surface area contributed by atoms with Gasteiger partial charge in [-0.25, -0.2) is 4.79 Å².